The van der Waals surface area contributed by atoms with E-state index in [-0.39, 0.29) is 5.91 Å². The fourth-order valence-corrected chi connectivity index (χ4v) is 4.98. The molecular formula is C30H33N3O. The van der Waals surface area contributed by atoms with Gasteiger partial charge in [-0.3, -0.25) is 9.69 Å². The standard InChI is InChI=1S/C30H33N3O/c1-23-8-2-5-11-29(23)33-18-16-32(17-19-33)15-7-6-14-31-30(34)27-13-12-26-20-24-9-3-4-10-25(24)21-28(26)22-27/h2-5,8-13,20-22H,6-7,14-19H2,1H3,(H,31,34). The predicted molar refractivity (Wildman–Crippen MR) is 143 cm³/mol. The molecular weight excluding hydrogens is 418 g/mol. The van der Waals surface area contributed by atoms with Crippen molar-refractivity contribution in [2.75, 3.05) is 44.2 Å². The minimum atomic E-state index is 0.0157. The smallest absolute Gasteiger partial charge is 0.251 e. The van der Waals surface area contributed by atoms with Gasteiger partial charge in [0, 0.05) is 44.0 Å². The van der Waals surface area contributed by atoms with Crippen LogP contribution in [-0.4, -0.2) is 50.1 Å². The van der Waals surface area contributed by atoms with Gasteiger partial charge >= 0.3 is 0 Å². The Labute approximate surface area is 202 Å². The van der Waals surface area contributed by atoms with Gasteiger partial charge in [0.25, 0.3) is 5.91 Å². The molecule has 0 radical (unpaired) electrons. The number of para-hydroxylation sites is 1. The molecule has 0 bridgehead atoms. The highest BCUT2D eigenvalue weighted by atomic mass is 16.1. The molecule has 34 heavy (non-hydrogen) atoms. The third-order valence-corrected chi connectivity index (χ3v) is 6.98. The van der Waals surface area contributed by atoms with Crippen LogP contribution in [0.4, 0.5) is 5.69 Å². The number of amides is 1. The molecule has 1 aliphatic rings. The fraction of sp³-hybridized carbons (Fsp3) is 0.300. The molecule has 174 valence electrons. The molecule has 1 amide bonds. The van der Waals surface area contributed by atoms with Gasteiger partial charge in [-0.25, -0.2) is 0 Å². The topological polar surface area (TPSA) is 35.6 Å². The van der Waals surface area contributed by atoms with Gasteiger partial charge in [-0.2, -0.15) is 0 Å². The number of rotatable bonds is 7. The van der Waals surface area contributed by atoms with Gasteiger partial charge in [-0.1, -0.05) is 48.5 Å². The summed E-state index contributed by atoms with van der Waals surface area (Å²) in [5, 5.41) is 7.81. The van der Waals surface area contributed by atoms with Crippen molar-refractivity contribution in [3.63, 3.8) is 0 Å². The summed E-state index contributed by atoms with van der Waals surface area (Å²) in [6.07, 6.45) is 2.11. The molecule has 1 fully saturated rings. The summed E-state index contributed by atoms with van der Waals surface area (Å²) >= 11 is 0. The van der Waals surface area contributed by atoms with Gasteiger partial charge in [0.2, 0.25) is 0 Å². The van der Waals surface area contributed by atoms with Crippen LogP contribution in [0.15, 0.2) is 78.9 Å². The molecule has 0 saturated carbocycles. The van der Waals surface area contributed by atoms with Gasteiger partial charge in [0.15, 0.2) is 0 Å². The lowest BCUT2D eigenvalue weighted by Gasteiger charge is -2.36. The van der Waals surface area contributed by atoms with E-state index in [2.05, 4.69) is 82.7 Å². The van der Waals surface area contributed by atoms with Crippen molar-refractivity contribution in [3.8, 4) is 0 Å². The average molecular weight is 452 g/mol. The molecule has 1 saturated heterocycles. The summed E-state index contributed by atoms with van der Waals surface area (Å²) in [4.78, 5) is 17.7. The maximum Gasteiger partial charge on any atom is 0.251 e. The summed E-state index contributed by atoms with van der Waals surface area (Å²) in [7, 11) is 0. The Morgan fingerprint density at radius 3 is 2.21 bits per heavy atom. The van der Waals surface area contributed by atoms with Gasteiger partial charge in [-0.15, -0.1) is 0 Å². The second kappa shape index (κ2) is 10.3. The Kier molecular flexibility index (Phi) is 6.77. The van der Waals surface area contributed by atoms with Crippen LogP contribution < -0.4 is 10.2 Å². The van der Waals surface area contributed by atoms with Crippen LogP contribution in [0.2, 0.25) is 0 Å². The lowest BCUT2D eigenvalue weighted by Crippen LogP contribution is -2.46. The average Bonchev–Trinajstić information content (AvgIpc) is 2.87. The van der Waals surface area contributed by atoms with E-state index in [1.807, 2.05) is 18.2 Å². The Bertz CT molecular complexity index is 1290. The van der Waals surface area contributed by atoms with E-state index in [9.17, 15) is 4.79 Å². The number of benzene rings is 4. The van der Waals surface area contributed by atoms with E-state index < -0.39 is 0 Å². The summed E-state index contributed by atoms with van der Waals surface area (Å²) in [5.74, 6) is 0.0157. The molecule has 5 rings (SSSR count). The van der Waals surface area contributed by atoms with E-state index in [0.29, 0.717) is 0 Å². The van der Waals surface area contributed by atoms with Gasteiger partial charge in [-0.05, 0) is 83.8 Å². The summed E-state index contributed by atoms with van der Waals surface area (Å²) in [6, 6.07) is 27.3. The minimum absolute atomic E-state index is 0.0157. The van der Waals surface area contributed by atoms with Crippen LogP contribution in [0.3, 0.4) is 0 Å². The van der Waals surface area contributed by atoms with E-state index in [0.717, 1.165) is 68.4 Å². The van der Waals surface area contributed by atoms with Crippen LogP contribution in [0.1, 0.15) is 28.8 Å². The molecule has 4 heteroatoms. The van der Waals surface area contributed by atoms with Crippen LogP contribution >= 0.6 is 0 Å². The van der Waals surface area contributed by atoms with Crippen molar-refractivity contribution in [3.05, 3.63) is 90.0 Å². The molecule has 4 aromatic carbocycles. The third-order valence-electron chi connectivity index (χ3n) is 6.98. The van der Waals surface area contributed by atoms with Crippen molar-refractivity contribution >= 4 is 33.1 Å². The zero-order valence-electron chi connectivity index (χ0n) is 20.0. The maximum atomic E-state index is 12.7. The molecule has 1 N–H and O–H groups in total. The van der Waals surface area contributed by atoms with Crippen LogP contribution in [0.5, 0.6) is 0 Å². The van der Waals surface area contributed by atoms with Crippen molar-refractivity contribution in [2.45, 2.75) is 19.8 Å². The molecule has 0 aliphatic carbocycles. The quantitative estimate of drug-likeness (QED) is 0.292. The summed E-state index contributed by atoms with van der Waals surface area (Å²) in [6.45, 7) is 8.38. The lowest BCUT2D eigenvalue weighted by molar-refractivity contribution is 0.0952. The molecule has 0 atom stereocenters. The number of piperazine rings is 1. The number of aryl methyl sites for hydroxylation is 1. The van der Waals surface area contributed by atoms with Crippen molar-refractivity contribution < 1.29 is 4.79 Å². The first-order valence-electron chi connectivity index (χ1n) is 12.4. The lowest BCUT2D eigenvalue weighted by atomic mass is 10.0. The van der Waals surface area contributed by atoms with Crippen LogP contribution in [-0.2, 0) is 0 Å². The Morgan fingerprint density at radius 2 is 1.44 bits per heavy atom. The first-order chi connectivity index (χ1) is 16.7. The largest absolute Gasteiger partial charge is 0.369 e. The summed E-state index contributed by atoms with van der Waals surface area (Å²) < 4.78 is 0. The van der Waals surface area contributed by atoms with Crippen molar-refractivity contribution in [2.24, 2.45) is 0 Å². The second-order valence-electron chi connectivity index (χ2n) is 9.34. The number of nitrogens with zero attached hydrogens (tertiary/aromatic N) is 2. The van der Waals surface area contributed by atoms with Gasteiger partial charge in [0.1, 0.15) is 0 Å². The van der Waals surface area contributed by atoms with Crippen LogP contribution in [0, 0.1) is 6.92 Å². The number of nitrogens with one attached hydrogen (secondary N) is 1. The molecule has 0 unspecified atom stereocenters. The number of carbonyl (C=O) groups is 1. The van der Waals surface area contributed by atoms with E-state index in [4.69, 9.17) is 0 Å². The number of anilines is 1. The van der Waals surface area contributed by atoms with E-state index in [1.54, 1.807) is 0 Å². The zero-order valence-corrected chi connectivity index (χ0v) is 20.0. The second-order valence-corrected chi connectivity index (χ2v) is 9.34. The van der Waals surface area contributed by atoms with Gasteiger partial charge < -0.3 is 10.2 Å². The number of unbranched alkanes of at least 4 members (excludes halogenated alkanes) is 1. The highest BCUT2D eigenvalue weighted by Crippen LogP contribution is 2.24. The molecule has 0 spiro atoms. The number of hydrogen-bond acceptors (Lipinski definition) is 3. The zero-order chi connectivity index (χ0) is 23.3. The number of hydrogen-bond donors (Lipinski definition) is 1. The van der Waals surface area contributed by atoms with Crippen molar-refractivity contribution in [1.29, 1.82) is 0 Å². The molecule has 1 heterocycles. The molecule has 0 aromatic heterocycles. The predicted octanol–water partition coefficient (Wildman–Crippen LogP) is 5.63. The SMILES string of the molecule is Cc1ccccc1N1CCN(CCCCNC(=O)c2ccc3cc4ccccc4cc3c2)CC1. The molecule has 4 aromatic rings. The number of fused-ring (bicyclic) bond motifs is 2. The highest BCUT2D eigenvalue weighted by molar-refractivity contribution is 6.03. The van der Waals surface area contributed by atoms with Crippen molar-refractivity contribution in [1.82, 2.24) is 10.2 Å². The third kappa shape index (κ3) is 5.07. The molecule has 1 aliphatic heterocycles. The normalized spacial score (nSPS) is 14.6. The fourth-order valence-electron chi connectivity index (χ4n) is 4.98. The Morgan fingerprint density at radius 1 is 0.765 bits per heavy atom. The Balaban J connectivity index is 1.06. The molecule has 4 nitrogen and oxygen atoms in total. The van der Waals surface area contributed by atoms with E-state index in [1.165, 1.54) is 22.0 Å². The summed E-state index contributed by atoms with van der Waals surface area (Å²) in [5.41, 5.74) is 3.45. The van der Waals surface area contributed by atoms with Gasteiger partial charge in [0.05, 0.1) is 0 Å². The monoisotopic (exact) mass is 451 g/mol. The number of carbonyl (C=O) groups excluding carboxylic acids is 1. The maximum absolute atomic E-state index is 12.7. The minimum Gasteiger partial charge on any atom is -0.369 e. The first kappa shape index (κ1) is 22.4. The van der Waals surface area contributed by atoms with E-state index >= 15 is 0 Å². The Hall–Kier alpha value is -3.37. The highest BCUT2D eigenvalue weighted by Gasteiger charge is 2.17. The van der Waals surface area contributed by atoms with Crippen LogP contribution in [0.25, 0.3) is 21.5 Å². The first-order valence-corrected chi connectivity index (χ1v) is 12.4.